The van der Waals surface area contributed by atoms with Crippen LogP contribution in [0.1, 0.15) is 31.2 Å². The van der Waals surface area contributed by atoms with E-state index in [-0.39, 0.29) is 11.9 Å². The summed E-state index contributed by atoms with van der Waals surface area (Å²) in [6.07, 6.45) is 3.06. The van der Waals surface area contributed by atoms with Gasteiger partial charge in [-0.3, -0.25) is 4.79 Å². The fourth-order valence-corrected chi connectivity index (χ4v) is 2.72. The van der Waals surface area contributed by atoms with Gasteiger partial charge in [-0.25, -0.2) is 4.79 Å². The molecule has 27 heavy (non-hydrogen) atoms. The number of carbonyl (C=O) groups is 2. The molecule has 0 atom stereocenters. The van der Waals surface area contributed by atoms with Crippen LogP contribution < -0.4 is 15.5 Å². The van der Waals surface area contributed by atoms with Crippen molar-refractivity contribution in [1.82, 2.24) is 10.6 Å². The predicted molar refractivity (Wildman–Crippen MR) is 110 cm³/mol. The van der Waals surface area contributed by atoms with Gasteiger partial charge in [0, 0.05) is 37.3 Å². The minimum atomic E-state index is -0.190. The molecule has 2 aromatic rings. The van der Waals surface area contributed by atoms with E-state index < -0.39 is 0 Å². The van der Waals surface area contributed by atoms with E-state index in [0.717, 1.165) is 30.5 Å². The highest BCUT2D eigenvalue weighted by atomic mass is 35.5. The number of benzene rings is 2. The monoisotopic (exact) mass is 387 g/mol. The summed E-state index contributed by atoms with van der Waals surface area (Å²) < 4.78 is 0. The van der Waals surface area contributed by atoms with Crippen molar-refractivity contribution in [2.75, 3.05) is 18.5 Å². The molecule has 2 aromatic carbocycles. The van der Waals surface area contributed by atoms with Crippen molar-refractivity contribution in [2.24, 2.45) is 0 Å². The first-order valence-electron chi connectivity index (χ1n) is 9.14. The van der Waals surface area contributed by atoms with Crippen molar-refractivity contribution in [3.8, 4) is 0 Å². The zero-order valence-corrected chi connectivity index (χ0v) is 16.3. The summed E-state index contributed by atoms with van der Waals surface area (Å²) >= 11 is 5.83. The van der Waals surface area contributed by atoms with Gasteiger partial charge in [-0.15, -0.1) is 0 Å². The van der Waals surface area contributed by atoms with Gasteiger partial charge >= 0.3 is 6.03 Å². The first-order valence-corrected chi connectivity index (χ1v) is 9.52. The first kappa shape index (κ1) is 20.8. The third kappa shape index (κ3) is 7.71. The number of para-hydroxylation sites is 1. The molecule has 2 N–H and O–H groups in total. The Morgan fingerprint density at radius 2 is 1.63 bits per heavy atom. The molecule has 0 aromatic heterocycles. The maximum absolute atomic E-state index is 12.2. The summed E-state index contributed by atoms with van der Waals surface area (Å²) in [7, 11) is 1.80. The lowest BCUT2D eigenvalue weighted by Crippen LogP contribution is -2.35. The quantitative estimate of drug-likeness (QED) is 0.628. The second-order valence-electron chi connectivity index (χ2n) is 6.33. The fourth-order valence-electron chi connectivity index (χ4n) is 2.59. The maximum Gasteiger partial charge on any atom is 0.315 e. The van der Waals surface area contributed by atoms with Gasteiger partial charge in [-0.05, 0) is 42.7 Å². The average molecular weight is 388 g/mol. The van der Waals surface area contributed by atoms with Crippen LogP contribution in [0.5, 0.6) is 0 Å². The summed E-state index contributed by atoms with van der Waals surface area (Å²) in [6.45, 7) is 1.05. The van der Waals surface area contributed by atoms with E-state index in [1.165, 1.54) is 0 Å². The Bertz CT molecular complexity index is 720. The van der Waals surface area contributed by atoms with Crippen LogP contribution in [0, 0.1) is 0 Å². The number of nitrogens with one attached hydrogen (secondary N) is 2. The van der Waals surface area contributed by atoms with Crippen molar-refractivity contribution in [3.63, 3.8) is 0 Å². The van der Waals surface area contributed by atoms with Gasteiger partial charge in [0.25, 0.3) is 0 Å². The van der Waals surface area contributed by atoms with Crippen molar-refractivity contribution in [2.45, 2.75) is 32.2 Å². The van der Waals surface area contributed by atoms with E-state index in [2.05, 4.69) is 10.6 Å². The number of halogens is 1. The molecule has 0 bridgehead atoms. The van der Waals surface area contributed by atoms with Gasteiger partial charge in [0.2, 0.25) is 5.91 Å². The van der Waals surface area contributed by atoms with Gasteiger partial charge in [-0.1, -0.05) is 48.4 Å². The van der Waals surface area contributed by atoms with E-state index in [0.29, 0.717) is 24.5 Å². The second-order valence-corrected chi connectivity index (χ2v) is 6.77. The van der Waals surface area contributed by atoms with Crippen LogP contribution in [0.4, 0.5) is 10.5 Å². The zero-order valence-electron chi connectivity index (χ0n) is 15.6. The molecule has 144 valence electrons. The molecule has 0 saturated heterocycles. The molecule has 0 unspecified atom stereocenters. The number of hydrogen-bond donors (Lipinski definition) is 2. The molecule has 0 saturated carbocycles. The number of rotatable bonds is 9. The average Bonchev–Trinajstić information content (AvgIpc) is 2.70. The lowest BCUT2D eigenvalue weighted by molar-refractivity contribution is -0.118. The number of nitrogens with zero attached hydrogens (tertiary/aromatic N) is 1. The van der Waals surface area contributed by atoms with Gasteiger partial charge < -0.3 is 15.5 Å². The highest BCUT2D eigenvalue weighted by Gasteiger charge is 2.09. The first-order chi connectivity index (χ1) is 13.1. The van der Waals surface area contributed by atoms with Crippen LogP contribution in [0.15, 0.2) is 54.6 Å². The molecule has 0 spiro atoms. The normalized spacial score (nSPS) is 10.3. The van der Waals surface area contributed by atoms with Crippen LogP contribution in [-0.4, -0.2) is 25.5 Å². The molecule has 0 fully saturated rings. The van der Waals surface area contributed by atoms with Crippen molar-refractivity contribution in [1.29, 1.82) is 0 Å². The number of urea groups is 1. The van der Waals surface area contributed by atoms with E-state index in [1.807, 2.05) is 42.5 Å². The molecular formula is C21H26ClN3O2. The van der Waals surface area contributed by atoms with Crippen LogP contribution in [0.25, 0.3) is 0 Å². The largest absolute Gasteiger partial charge is 0.338 e. The van der Waals surface area contributed by atoms with Crippen LogP contribution in [0.2, 0.25) is 5.02 Å². The topological polar surface area (TPSA) is 61.4 Å². The van der Waals surface area contributed by atoms with Crippen molar-refractivity contribution < 1.29 is 9.59 Å². The Kier molecular flexibility index (Phi) is 8.65. The molecule has 2 rings (SSSR count). The molecule has 3 amide bonds. The molecule has 5 nitrogen and oxygen atoms in total. The Morgan fingerprint density at radius 1 is 0.926 bits per heavy atom. The van der Waals surface area contributed by atoms with Gasteiger partial charge in [0.1, 0.15) is 0 Å². The summed E-state index contributed by atoms with van der Waals surface area (Å²) in [5.74, 6) is 0.106. The third-order valence-electron chi connectivity index (χ3n) is 4.24. The molecular weight excluding hydrogens is 362 g/mol. The molecule has 0 radical (unpaired) electrons. The standard InChI is InChI=1S/C21H26ClN3O2/c1-25(19-8-4-2-5-9-19)20(26)10-6-3-7-15-23-21(27)24-16-17-11-13-18(22)14-12-17/h2,4-5,8-9,11-14H,3,6-7,10,15-16H2,1H3,(H2,23,24,27). The molecule has 0 aliphatic heterocycles. The van der Waals surface area contributed by atoms with Crippen molar-refractivity contribution in [3.05, 3.63) is 65.2 Å². The summed E-state index contributed by atoms with van der Waals surface area (Å²) in [4.78, 5) is 25.6. The highest BCUT2D eigenvalue weighted by Crippen LogP contribution is 2.13. The van der Waals surface area contributed by atoms with E-state index in [9.17, 15) is 9.59 Å². The summed E-state index contributed by atoms with van der Waals surface area (Å²) in [6, 6.07) is 16.8. The number of anilines is 1. The SMILES string of the molecule is CN(C(=O)CCCCCNC(=O)NCc1ccc(Cl)cc1)c1ccccc1. The number of carbonyl (C=O) groups excluding carboxylic acids is 2. The minimum absolute atomic E-state index is 0.106. The Morgan fingerprint density at radius 3 is 2.33 bits per heavy atom. The summed E-state index contributed by atoms with van der Waals surface area (Å²) in [5, 5.41) is 6.31. The summed E-state index contributed by atoms with van der Waals surface area (Å²) in [5.41, 5.74) is 1.90. The predicted octanol–water partition coefficient (Wildman–Crippen LogP) is 4.36. The Labute approximate surface area is 165 Å². The zero-order chi connectivity index (χ0) is 19.5. The van der Waals surface area contributed by atoms with Crippen LogP contribution >= 0.6 is 11.6 Å². The third-order valence-corrected chi connectivity index (χ3v) is 4.49. The van der Waals surface area contributed by atoms with Crippen LogP contribution in [0.3, 0.4) is 0 Å². The Hall–Kier alpha value is -2.53. The minimum Gasteiger partial charge on any atom is -0.338 e. The lowest BCUT2D eigenvalue weighted by Gasteiger charge is -2.17. The van der Waals surface area contributed by atoms with E-state index in [1.54, 1.807) is 24.1 Å². The van der Waals surface area contributed by atoms with Gasteiger partial charge in [-0.2, -0.15) is 0 Å². The van der Waals surface area contributed by atoms with Gasteiger partial charge in [0.15, 0.2) is 0 Å². The maximum atomic E-state index is 12.2. The second kappa shape index (κ2) is 11.2. The molecule has 0 heterocycles. The fraction of sp³-hybridized carbons (Fsp3) is 0.333. The van der Waals surface area contributed by atoms with E-state index in [4.69, 9.17) is 11.6 Å². The highest BCUT2D eigenvalue weighted by molar-refractivity contribution is 6.30. The number of hydrogen-bond acceptors (Lipinski definition) is 2. The Balaban J connectivity index is 1.53. The van der Waals surface area contributed by atoms with Crippen LogP contribution in [-0.2, 0) is 11.3 Å². The molecule has 0 aliphatic carbocycles. The smallest absolute Gasteiger partial charge is 0.315 e. The van der Waals surface area contributed by atoms with Gasteiger partial charge in [0.05, 0.1) is 0 Å². The lowest BCUT2D eigenvalue weighted by atomic mass is 10.1. The van der Waals surface area contributed by atoms with E-state index >= 15 is 0 Å². The van der Waals surface area contributed by atoms with Crippen molar-refractivity contribution >= 4 is 29.2 Å². The molecule has 0 aliphatic rings. The number of amides is 3. The molecule has 6 heteroatoms. The number of unbranched alkanes of at least 4 members (excludes halogenated alkanes) is 2.